The Morgan fingerprint density at radius 2 is 2.11 bits per heavy atom. The van der Waals surface area contributed by atoms with E-state index in [0.29, 0.717) is 6.54 Å². The Hall–Kier alpha value is -2.37. The molecule has 3 N–H and O–H groups in total. The Balaban J connectivity index is 1.80. The molecule has 18 heavy (non-hydrogen) atoms. The molecule has 2 aromatic heterocycles. The van der Waals surface area contributed by atoms with Crippen LogP contribution in [0.1, 0.15) is 24.2 Å². The van der Waals surface area contributed by atoms with Crippen LogP contribution < -0.4 is 10.6 Å². The molecule has 0 saturated carbocycles. The molecule has 2 rings (SSSR count). The highest BCUT2D eigenvalue weighted by Gasteiger charge is 2.08. The summed E-state index contributed by atoms with van der Waals surface area (Å²) < 4.78 is 0. The van der Waals surface area contributed by atoms with Crippen LogP contribution in [0.4, 0.5) is 4.79 Å². The molecule has 1 atom stereocenters. The number of carbonyl (C=O) groups is 1. The van der Waals surface area contributed by atoms with E-state index in [0.717, 1.165) is 11.3 Å². The number of pyridine rings is 1. The van der Waals surface area contributed by atoms with Crippen molar-refractivity contribution in [3.8, 4) is 0 Å². The van der Waals surface area contributed by atoms with Crippen molar-refractivity contribution in [2.24, 2.45) is 0 Å². The molecule has 2 aromatic rings. The number of nitrogens with one attached hydrogen (secondary N) is 3. The maximum absolute atomic E-state index is 11.6. The molecule has 6 nitrogen and oxygen atoms in total. The fourth-order valence-electron chi connectivity index (χ4n) is 1.54. The van der Waals surface area contributed by atoms with Gasteiger partial charge in [-0.2, -0.15) is 5.10 Å². The SMILES string of the molecule is C[C@@H](NC(=O)NCc1ccn[nH]1)c1ccncc1. The van der Waals surface area contributed by atoms with Crippen LogP contribution in [0.3, 0.4) is 0 Å². The molecule has 6 heteroatoms. The maximum atomic E-state index is 11.6. The van der Waals surface area contributed by atoms with Crippen molar-refractivity contribution in [2.75, 3.05) is 0 Å². The molecular weight excluding hydrogens is 230 g/mol. The quantitative estimate of drug-likeness (QED) is 0.760. The van der Waals surface area contributed by atoms with Crippen LogP contribution in [0.25, 0.3) is 0 Å². The van der Waals surface area contributed by atoms with Crippen LogP contribution in [0, 0.1) is 0 Å². The molecule has 0 spiro atoms. The van der Waals surface area contributed by atoms with Gasteiger partial charge in [0.25, 0.3) is 0 Å². The second-order valence-corrected chi connectivity index (χ2v) is 3.91. The van der Waals surface area contributed by atoms with Gasteiger partial charge in [0.1, 0.15) is 0 Å². The van der Waals surface area contributed by atoms with Crippen molar-refractivity contribution in [3.05, 3.63) is 48.0 Å². The first-order valence-corrected chi connectivity index (χ1v) is 5.68. The Bertz CT molecular complexity index is 482. The number of amides is 2. The van der Waals surface area contributed by atoms with E-state index < -0.39 is 0 Å². The van der Waals surface area contributed by atoms with Crippen LogP contribution in [0.2, 0.25) is 0 Å². The number of hydrogen-bond donors (Lipinski definition) is 3. The molecule has 0 aromatic carbocycles. The summed E-state index contributed by atoms with van der Waals surface area (Å²) in [6.07, 6.45) is 5.06. The number of aromatic nitrogens is 3. The zero-order valence-corrected chi connectivity index (χ0v) is 10.1. The number of nitrogens with zero attached hydrogens (tertiary/aromatic N) is 2. The molecule has 0 aliphatic heterocycles. The standard InChI is InChI=1S/C12H15N5O/c1-9(10-2-5-13-6-3-10)16-12(18)14-8-11-4-7-15-17-11/h2-7,9H,8H2,1H3,(H,15,17)(H2,14,16,18)/t9-/m1/s1. The minimum atomic E-state index is -0.214. The first kappa shape index (κ1) is 12.1. The molecule has 2 heterocycles. The Kier molecular flexibility index (Phi) is 3.90. The van der Waals surface area contributed by atoms with E-state index in [4.69, 9.17) is 0 Å². The Morgan fingerprint density at radius 1 is 1.33 bits per heavy atom. The summed E-state index contributed by atoms with van der Waals surface area (Å²) in [7, 11) is 0. The van der Waals surface area contributed by atoms with Gasteiger partial charge in [-0.3, -0.25) is 10.1 Å². The van der Waals surface area contributed by atoms with E-state index in [1.165, 1.54) is 0 Å². The third-order valence-corrected chi connectivity index (χ3v) is 2.55. The summed E-state index contributed by atoms with van der Waals surface area (Å²) in [6, 6.07) is 5.29. The van der Waals surface area contributed by atoms with Gasteiger partial charge in [0.15, 0.2) is 0 Å². The van der Waals surface area contributed by atoms with Gasteiger partial charge in [0, 0.05) is 18.6 Å². The average Bonchev–Trinajstić information content (AvgIpc) is 2.90. The molecule has 0 unspecified atom stereocenters. The molecule has 0 radical (unpaired) electrons. The normalized spacial score (nSPS) is 11.8. The van der Waals surface area contributed by atoms with Crippen LogP contribution in [0.15, 0.2) is 36.8 Å². The second-order valence-electron chi connectivity index (χ2n) is 3.91. The van der Waals surface area contributed by atoms with Crippen molar-refractivity contribution in [2.45, 2.75) is 19.5 Å². The van der Waals surface area contributed by atoms with Crippen molar-refractivity contribution in [1.82, 2.24) is 25.8 Å². The van der Waals surface area contributed by atoms with Gasteiger partial charge in [-0.25, -0.2) is 4.79 Å². The Labute approximate surface area is 105 Å². The van der Waals surface area contributed by atoms with Gasteiger partial charge in [0.05, 0.1) is 18.3 Å². The predicted octanol–water partition coefficient (Wildman–Crippen LogP) is 1.37. The monoisotopic (exact) mass is 245 g/mol. The first-order chi connectivity index (χ1) is 8.75. The third kappa shape index (κ3) is 3.31. The fraction of sp³-hybridized carbons (Fsp3) is 0.250. The molecular formula is C12H15N5O. The van der Waals surface area contributed by atoms with Gasteiger partial charge in [0.2, 0.25) is 0 Å². The average molecular weight is 245 g/mol. The molecule has 0 aliphatic carbocycles. The predicted molar refractivity (Wildman–Crippen MR) is 66.6 cm³/mol. The lowest BCUT2D eigenvalue weighted by atomic mass is 10.1. The number of H-pyrrole nitrogens is 1. The summed E-state index contributed by atoms with van der Waals surface area (Å²) in [5.41, 5.74) is 1.88. The zero-order chi connectivity index (χ0) is 12.8. The Morgan fingerprint density at radius 3 is 2.78 bits per heavy atom. The molecule has 0 aliphatic rings. The summed E-state index contributed by atoms with van der Waals surface area (Å²) in [6.45, 7) is 2.35. The highest BCUT2D eigenvalue weighted by atomic mass is 16.2. The highest BCUT2D eigenvalue weighted by Crippen LogP contribution is 2.09. The summed E-state index contributed by atoms with van der Waals surface area (Å²) in [5.74, 6) is 0. The number of rotatable bonds is 4. The van der Waals surface area contributed by atoms with Crippen molar-refractivity contribution < 1.29 is 4.79 Å². The number of carbonyl (C=O) groups excluding carboxylic acids is 1. The highest BCUT2D eigenvalue weighted by molar-refractivity contribution is 5.74. The lowest BCUT2D eigenvalue weighted by Gasteiger charge is -2.14. The summed E-state index contributed by atoms with van der Waals surface area (Å²) >= 11 is 0. The van der Waals surface area contributed by atoms with Gasteiger partial charge in [-0.1, -0.05) is 0 Å². The van der Waals surface area contributed by atoms with E-state index in [2.05, 4.69) is 25.8 Å². The summed E-state index contributed by atoms with van der Waals surface area (Å²) in [4.78, 5) is 15.6. The third-order valence-electron chi connectivity index (χ3n) is 2.55. The second kappa shape index (κ2) is 5.81. The number of aromatic amines is 1. The van der Waals surface area contributed by atoms with Gasteiger partial charge in [-0.15, -0.1) is 0 Å². The smallest absolute Gasteiger partial charge is 0.315 e. The van der Waals surface area contributed by atoms with Crippen LogP contribution >= 0.6 is 0 Å². The van der Waals surface area contributed by atoms with E-state index in [1.54, 1.807) is 18.6 Å². The van der Waals surface area contributed by atoms with E-state index in [9.17, 15) is 4.79 Å². The first-order valence-electron chi connectivity index (χ1n) is 5.68. The zero-order valence-electron chi connectivity index (χ0n) is 10.1. The minimum absolute atomic E-state index is 0.0604. The number of hydrogen-bond acceptors (Lipinski definition) is 3. The van der Waals surface area contributed by atoms with Crippen LogP contribution in [0.5, 0.6) is 0 Å². The molecule has 0 fully saturated rings. The van der Waals surface area contributed by atoms with E-state index in [-0.39, 0.29) is 12.1 Å². The van der Waals surface area contributed by atoms with Crippen molar-refractivity contribution >= 4 is 6.03 Å². The molecule has 2 amide bonds. The molecule has 0 saturated heterocycles. The van der Waals surface area contributed by atoms with E-state index in [1.807, 2.05) is 25.1 Å². The molecule has 94 valence electrons. The minimum Gasteiger partial charge on any atom is -0.333 e. The van der Waals surface area contributed by atoms with Crippen LogP contribution in [-0.4, -0.2) is 21.2 Å². The van der Waals surface area contributed by atoms with Gasteiger partial charge in [-0.05, 0) is 30.7 Å². The molecule has 0 bridgehead atoms. The lowest BCUT2D eigenvalue weighted by Crippen LogP contribution is -2.36. The largest absolute Gasteiger partial charge is 0.333 e. The topological polar surface area (TPSA) is 82.7 Å². The van der Waals surface area contributed by atoms with Crippen molar-refractivity contribution in [3.63, 3.8) is 0 Å². The summed E-state index contributed by atoms with van der Waals surface area (Å²) in [5, 5.41) is 12.2. The van der Waals surface area contributed by atoms with Gasteiger partial charge >= 0.3 is 6.03 Å². The maximum Gasteiger partial charge on any atom is 0.315 e. The lowest BCUT2D eigenvalue weighted by molar-refractivity contribution is 0.237. The van der Waals surface area contributed by atoms with Crippen LogP contribution in [-0.2, 0) is 6.54 Å². The van der Waals surface area contributed by atoms with Gasteiger partial charge < -0.3 is 10.6 Å². The van der Waals surface area contributed by atoms with E-state index >= 15 is 0 Å². The van der Waals surface area contributed by atoms with Crippen molar-refractivity contribution in [1.29, 1.82) is 0 Å². The fourth-order valence-corrected chi connectivity index (χ4v) is 1.54. The number of urea groups is 1.